The molecule has 2 fully saturated rings. The number of nitrogens with one attached hydrogen (secondary N) is 4. The Labute approximate surface area is 561 Å². The smallest absolute Gasteiger partial charge is 0.265 e. The van der Waals surface area contributed by atoms with E-state index in [0.717, 1.165) is 44.5 Å². The third-order valence-electron chi connectivity index (χ3n) is 9.38. The first-order valence-corrected chi connectivity index (χ1v) is 32.1. The van der Waals surface area contributed by atoms with Gasteiger partial charge in [-0.1, -0.05) is 128 Å². The lowest BCUT2D eigenvalue weighted by Crippen LogP contribution is -3.00. The normalized spacial score (nSPS) is 10.1. The highest BCUT2D eigenvalue weighted by Gasteiger charge is 2.13. The van der Waals surface area contributed by atoms with Crippen LogP contribution in [0, 0.1) is 137 Å². The molecule has 2 aliphatic rings. The number of rotatable bonds is 15. The fraction of sp³-hybridized carbons (Fsp3) is 0.594. The van der Waals surface area contributed by atoms with E-state index >= 15 is 0 Å². The monoisotopic (exact) mass is 1360 g/mol. The second-order valence-electron chi connectivity index (χ2n) is 16.1. The zero-order valence-electron chi connectivity index (χ0n) is 53.2. The zero-order valence-corrected chi connectivity index (χ0v) is 57.9. The zero-order chi connectivity index (χ0) is 66.1. The average Bonchev–Trinajstić information content (AvgIpc) is 4.25. The highest BCUT2D eigenvalue weighted by Crippen LogP contribution is 2.26. The number of nitrogens with two attached hydrogens (primary N) is 1. The molecule has 4 amide bonds. The number of likely N-dealkylation sites (tertiary alicyclic amines) is 1. The molecule has 2 rings (SSSR count). The molecule has 504 valence electrons. The van der Waals surface area contributed by atoms with E-state index in [1.807, 2.05) is 6.92 Å². The number of terminal acetylenes is 2. The van der Waals surface area contributed by atoms with Crippen LogP contribution in [0.1, 0.15) is 133 Å². The SMILES string of the molecule is C.C#CCN.C#CCNC(=O)CC.CC#CCO.CCC(=O)NCC#CC#CCN1CCCC1.CCC(=O)NCC#CC#CCO.CCC(=O)NCC#CC#CCOS(C)(=O)=O.CCN(CC)CC.CS(=O)(=O)Cl.Cl.[Cl-].[Cl-].[NH3+]CC#CC#CCC1CCCC1. The molecule has 0 bridgehead atoms. The highest BCUT2D eigenvalue weighted by molar-refractivity contribution is 8.13. The topological polar surface area (TPSA) is 295 Å². The molecule has 0 aromatic heterocycles. The van der Waals surface area contributed by atoms with Crippen molar-refractivity contribution in [1.82, 2.24) is 31.1 Å². The number of amides is 4. The van der Waals surface area contributed by atoms with Gasteiger partial charge < -0.3 is 72.7 Å². The molecular weight excluding hydrogens is 1260 g/mol. The van der Waals surface area contributed by atoms with Gasteiger partial charge in [-0.3, -0.25) is 28.3 Å². The maximum Gasteiger partial charge on any atom is 0.265 e. The molecule has 89 heavy (non-hydrogen) atoms. The molecule has 1 aliphatic heterocycles. The number of hydrogen-bond acceptors (Lipinski definition) is 14. The van der Waals surface area contributed by atoms with Gasteiger partial charge in [-0.05, 0) is 125 Å². The first kappa shape index (κ1) is 107. The lowest BCUT2D eigenvalue weighted by molar-refractivity contribution is -0.349. The predicted octanol–water partition coefficient (Wildman–Crippen LogP) is -3.24. The Kier molecular flexibility index (Phi) is 107. The van der Waals surface area contributed by atoms with Crippen LogP contribution in [0.2, 0.25) is 0 Å². The summed E-state index contributed by atoms with van der Waals surface area (Å²) in [6.45, 7) is 23.9. The molecule has 11 N–H and O–H groups in total. The van der Waals surface area contributed by atoms with Crippen molar-refractivity contribution in [3.05, 3.63) is 0 Å². The molecule has 0 aromatic carbocycles. The van der Waals surface area contributed by atoms with Crippen molar-refractivity contribution in [2.24, 2.45) is 11.7 Å². The maximum absolute atomic E-state index is 10.9. The molecule has 1 saturated heterocycles. The van der Waals surface area contributed by atoms with Crippen molar-refractivity contribution in [1.29, 1.82) is 0 Å². The van der Waals surface area contributed by atoms with E-state index in [2.05, 4.69) is 197 Å². The largest absolute Gasteiger partial charge is 1.00 e. The van der Waals surface area contributed by atoms with E-state index in [-0.39, 0.29) is 94.6 Å². The average molecular weight is 1360 g/mol. The van der Waals surface area contributed by atoms with Crippen molar-refractivity contribution < 1.29 is 81.0 Å². The fourth-order valence-electron chi connectivity index (χ4n) is 5.09. The summed E-state index contributed by atoms with van der Waals surface area (Å²) in [6, 6.07) is 0. The summed E-state index contributed by atoms with van der Waals surface area (Å²) in [6.07, 6.45) is 22.4. The van der Waals surface area contributed by atoms with Crippen LogP contribution in [0.15, 0.2) is 0 Å². The quantitative estimate of drug-likeness (QED) is 0.0455. The van der Waals surface area contributed by atoms with Gasteiger partial charge in [0.15, 0.2) is 0 Å². The third-order valence-corrected chi connectivity index (χ3v) is 9.93. The lowest BCUT2D eigenvalue weighted by Gasteiger charge is -2.13. The van der Waals surface area contributed by atoms with Crippen molar-refractivity contribution in [2.75, 3.05) is 111 Å². The summed E-state index contributed by atoms with van der Waals surface area (Å²) in [5.41, 5.74) is 8.41. The Morgan fingerprint density at radius 2 is 0.955 bits per heavy atom. The first-order chi connectivity index (χ1) is 40.5. The van der Waals surface area contributed by atoms with Crippen molar-refractivity contribution in [3.63, 3.8) is 0 Å². The summed E-state index contributed by atoms with van der Waals surface area (Å²) in [7, 11) is -2.14. The highest BCUT2D eigenvalue weighted by atomic mass is 35.7. The fourth-order valence-corrected chi connectivity index (χ4v) is 5.36. The number of aliphatic hydroxyl groups excluding tert-OH is 2. The predicted molar refractivity (Wildman–Crippen MR) is 359 cm³/mol. The van der Waals surface area contributed by atoms with Gasteiger partial charge >= 0.3 is 0 Å². The van der Waals surface area contributed by atoms with Crippen LogP contribution < -0.4 is 57.5 Å². The molecule has 1 saturated carbocycles. The van der Waals surface area contributed by atoms with Crippen LogP contribution in [-0.4, -0.2) is 171 Å². The summed E-state index contributed by atoms with van der Waals surface area (Å²) in [4.78, 5) is 47.3. The van der Waals surface area contributed by atoms with Gasteiger partial charge in [-0.15, -0.1) is 31.2 Å². The van der Waals surface area contributed by atoms with Crippen LogP contribution in [0.3, 0.4) is 0 Å². The number of nitrogens with zero attached hydrogens (tertiary/aromatic N) is 2. The molecule has 0 unspecified atom stereocenters. The van der Waals surface area contributed by atoms with E-state index in [9.17, 15) is 36.0 Å². The van der Waals surface area contributed by atoms with Gasteiger partial charge in [-0.25, -0.2) is 8.42 Å². The van der Waals surface area contributed by atoms with Crippen LogP contribution in [-0.2, 0) is 42.5 Å². The summed E-state index contributed by atoms with van der Waals surface area (Å²) >= 11 is 0. The third kappa shape index (κ3) is 120. The van der Waals surface area contributed by atoms with Gasteiger partial charge in [0.2, 0.25) is 32.7 Å². The van der Waals surface area contributed by atoms with Crippen molar-refractivity contribution in [2.45, 2.75) is 133 Å². The number of aliphatic hydroxyl groups is 2. The van der Waals surface area contributed by atoms with E-state index in [1.54, 1.807) is 27.7 Å². The molecule has 0 spiro atoms. The number of halogens is 4. The van der Waals surface area contributed by atoms with Crippen LogP contribution in [0.25, 0.3) is 0 Å². The summed E-state index contributed by atoms with van der Waals surface area (Å²) in [5, 5.41) is 26.4. The molecule has 0 atom stereocenters. The van der Waals surface area contributed by atoms with Crippen molar-refractivity contribution in [3.8, 4) is 131 Å². The second kappa shape index (κ2) is 88.3. The molecule has 1 aliphatic carbocycles. The molecule has 0 aromatic rings. The first-order valence-electron chi connectivity index (χ1n) is 27.6. The van der Waals surface area contributed by atoms with Gasteiger partial charge in [0.25, 0.3) is 10.1 Å². The molecular formula is C64H101Cl4N8O11S2-. The number of carbonyl (C=O) groups excluding carboxylic acids is 4. The molecule has 19 nitrogen and oxygen atoms in total. The van der Waals surface area contributed by atoms with E-state index in [1.165, 1.54) is 58.2 Å². The van der Waals surface area contributed by atoms with Gasteiger partial charge in [0, 0.05) is 42.8 Å². The molecule has 25 heteroatoms. The minimum absolute atomic E-state index is 0. The maximum atomic E-state index is 10.9. The Morgan fingerprint density at radius 3 is 1.26 bits per heavy atom. The van der Waals surface area contributed by atoms with Crippen LogP contribution in [0.5, 0.6) is 0 Å². The number of carbonyl (C=O) groups is 4. The van der Waals surface area contributed by atoms with Gasteiger partial charge in [-0.2, -0.15) is 8.42 Å². The van der Waals surface area contributed by atoms with Gasteiger partial charge in [0.05, 0.1) is 51.8 Å². The Balaban J connectivity index is -0.0000000878. The standard InChI is InChI=1S/C13H18N2O.C11H15N.C10H13NO4S.C9H11NO2.C6H9NO.C6H15N.C4H6O.C3H5N.CH3ClO2S.CH4.3ClH/c1-2-13(16)14-9-5-3-4-6-10-15-11-7-8-12-15;12-10-6-2-1-3-7-11-8-4-5-9-11;1-3-10(12)11-8-6-4-5-7-9-15-16(2,13)14;1-2-9(12)10-7-5-3-4-6-8-11;1-3-5-7-6(8)4-2;1-4-7(5-2)6-3;1-2-3-4-5;1-2-3-4;1-5(2,3)4;;;;/h2,7-12H2,1H3,(H,14,16);11H,4-5,7-10,12H2;3,8-9H2,1-2H3,(H,11,12);11H,2,7-8H2,1H3,(H,10,12);1H,4-5H2,2H3,(H,7,8);4-6H2,1-3H3;5H,4H2,1H3;1H,3-4H2;1H3;1H4;3*1H/p-1. The van der Waals surface area contributed by atoms with Gasteiger partial charge in [0.1, 0.15) is 26.4 Å². The molecule has 1 heterocycles. The molecule has 0 radical (unpaired) electrons. The summed E-state index contributed by atoms with van der Waals surface area (Å²) < 4.78 is 44.1. The Morgan fingerprint density at radius 1 is 0.607 bits per heavy atom. The minimum atomic E-state index is -3.44. The Hall–Kier alpha value is -6.18. The van der Waals surface area contributed by atoms with Crippen LogP contribution >= 0.6 is 23.1 Å². The number of quaternary nitrogens is 1. The van der Waals surface area contributed by atoms with E-state index < -0.39 is 19.2 Å². The second-order valence-corrected chi connectivity index (χ2v) is 20.8. The van der Waals surface area contributed by atoms with Crippen molar-refractivity contribution >= 4 is 65.9 Å². The minimum Gasteiger partial charge on any atom is -1.00 e. The van der Waals surface area contributed by atoms with E-state index in [4.69, 9.17) is 22.4 Å². The summed E-state index contributed by atoms with van der Waals surface area (Å²) in [5.74, 6) is 52.9. The van der Waals surface area contributed by atoms with Crippen LogP contribution in [0.4, 0.5) is 0 Å². The number of hydrogen-bond donors (Lipinski definition) is 8. The Bertz CT molecular complexity index is 2700. The lowest BCUT2D eigenvalue weighted by atomic mass is 10.1. The van der Waals surface area contributed by atoms with E-state index in [0.29, 0.717) is 58.4 Å².